The molecule has 3 rings (SSSR count). The first kappa shape index (κ1) is 18.4. The van der Waals surface area contributed by atoms with E-state index in [1.165, 1.54) is 57.6 Å². The molecule has 0 aliphatic heterocycles. The third-order valence-corrected chi connectivity index (χ3v) is 6.24. The van der Waals surface area contributed by atoms with Crippen LogP contribution in [0.1, 0.15) is 76.7 Å². The number of rotatable bonds is 3. The Morgan fingerprint density at radius 2 is 1.64 bits per heavy atom. The van der Waals surface area contributed by atoms with Gasteiger partial charge >= 0.3 is 0 Å². The van der Waals surface area contributed by atoms with Crippen LogP contribution in [0.2, 0.25) is 0 Å². The minimum atomic E-state index is -1.06. The molecule has 0 radical (unpaired) electrons. The Morgan fingerprint density at radius 1 is 1.00 bits per heavy atom. The van der Waals surface area contributed by atoms with Crippen LogP contribution < -0.4 is 0 Å². The zero-order chi connectivity index (χ0) is 17.6. The summed E-state index contributed by atoms with van der Waals surface area (Å²) < 4.78 is 26.0. The van der Waals surface area contributed by atoms with Gasteiger partial charge in [-0.05, 0) is 62.3 Å². The minimum Gasteiger partial charge on any atom is -0.224 e. The van der Waals surface area contributed by atoms with E-state index in [9.17, 15) is 8.78 Å². The zero-order valence-corrected chi connectivity index (χ0v) is 15.2. The van der Waals surface area contributed by atoms with Gasteiger partial charge in [-0.15, -0.1) is 0 Å². The Balaban J connectivity index is 1.46. The second-order valence-corrected chi connectivity index (χ2v) is 7.95. The Labute approximate surface area is 150 Å². The minimum absolute atomic E-state index is 0.390. The van der Waals surface area contributed by atoms with Crippen molar-refractivity contribution in [1.29, 1.82) is 0 Å². The highest BCUT2D eigenvalue weighted by molar-refractivity contribution is 5.32. The van der Waals surface area contributed by atoms with Crippen molar-refractivity contribution in [2.75, 3.05) is 0 Å². The number of nitrogens with zero attached hydrogens (tertiary/aromatic N) is 1. The Morgan fingerprint density at radius 3 is 2.24 bits per heavy atom. The first-order chi connectivity index (χ1) is 12.2. The topological polar surface area (TPSA) is 12.9 Å². The van der Waals surface area contributed by atoms with Crippen LogP contribution in [-0.2, 0) is 0 Å². The molecule has 1 heterocycles. The van der Waals surface area contributed by atoms with Gasteiger partial charge in [-0.3, -0.25) is 0 Å². The molecule has 2 aliphatic rings. The molecule has 2 saturated carbocycles. The predicted molar refractivity (Wildman–Crippen MR) is 96.8 cm³/mol. The lowest BCUT2D eigenvalue weighted by Crippen LogP contribution is -2.25. The van der Waals surface area contributed by atoms with Crippen molar-refractivity contribution in [2.24, 2.45) is 23.7 Å². The molecule has 0 amide bonds. The smallest absolute Gasteiger partial charge is 0.224 e. The van der Waals surface area contributed by atoms with E-state index >= 15 is 0 Å². The molecule has 1 aromatic rings. The molecule has 0 N–H and O–H groups in total. The maximum absolute atomic E-state index is 13.2. The highest BCUT2D eigenvalue weighted by Crippen LogP contribution is 2.42. The fourth-order valence-corrected chi connectivity index (χ4v) is 4.77. The number of aromatic nitrogens is 1. The SMILES string of the molecule is CCCC1CCC(C2CCC(C#Cc3cnc(F)c(F)c3)CC2)CC1. The third-order valence-electron chi connectivity index (χ3n) is 6.24. The maximum Gasteiger partial charge on any atom is 0.248 e. The summed E-state index contributed by atoms with van der Waals surface area (Å²) in [7, 11) is 0. The van der Waals surface area contributed by atoms with Crippen LogP contribution in [0, 0.1) is 47.3 Å². The lowest BCUT2D eigenvalue weighted by Gasteiger charge is -2.37. The van der Waals surface area contributed by atoms with Gasteiger partial charge < -0.3 is 0 Å². The van der Waals surface area contributed by atoms with Crippen molar-refractivity contribution in [2.45, 2.75) is 71.1 Å². The lowest BCUT2D eigenvalue weighted by molar-refractivity contribution is 0.154. The number of pyridine rings is 1. The lowest BCUT2D eigenvalue weighted by atomic mass is 9.69. The third kappa shape index (κ3) is 5.03. The van der Waals surface area contributed by atoms with Gasteiger partial charge in [-0.25, -0.2) is 9.37 Å². The van der Waals surface area contributed by atoms with Crippen LogP contribution in [-0.4, -0.2) is 4.98 Å². The van der Waals surface area contributed by atoms with E-state index in [-0.39, 0.29) is 0 Å². The molecule has 1 nitrogen and oxygen atoms in total. The molecule has 0 unspecified atom stereocenters. The summed E-state index contributed by atoms with van der Waals surface area (Å²) in [5.41, 5.74) is 0.468. The highest BCUT2D eigenvalue weighted by atomic mass is 19.2. The van der Waals surface area contributed by atoms with Crippen molar-refractivity contribution < 1.29 is 8.78 Å². The molecule has 3 heteroatoms. The fourth-order valence-electron chi connectivity index (χ4n) is 4.77. The fraction of sp³-hybridized carbons (Fsp3) is 0.682. The highest BCUT2D eigenvalue weighted by Gasteiger charge is 2.30. The molecule has 2 aliphatic carbocycles. The van der Waals surface area contributed by atoms with E-state index in [2.05, 4.69) is 23.7 Å². The molecular weight excluding hydrogens is 316 g/mol. The molecule has 25 heavy (non-hydrogen) atoms. The summed E-state index contributed by atoms with van der Waals surface area (Å²) in [6.07, 6.45) is 14.6. The maximum atomic E-state index is 13.2. The van der Waals surface area contributed by atoms with E-state index in [4.69, 9.17) is 0 Å². The van der Waals surface area contributed by atoms with Gasteiger partial charge in [0.1, 0.15) is 0 Å². The Bertz CT molecular complexity index is 615. The monoisotopic (exact) mass is 345 g/mol. The average Bonchev–Trinajstić information content (AvgIpc) is 2.64. The zero-order valence-electron chi connectivity index (χ0n) is 15.2. The van der Waals surface area contributed by atoms with Gasteiger partial charge in [0, 0.05) is 17.7 Å². The summed E-state index contributed by atoms with van der Waals surface area (Å²) >= 11 is 0. The van der Waals surface area contributed by atoms with Gasteiger partial charge in [0.2, 0.25) is 5.95 Å². The molecule has 0 aromatic carbocycles. The van der Waals surface area contributed by atoms with E-state index < -0.39 is 11.8 Å². The number of hydrogen-bond acceptors (Lipinski definition) is 1. The van der Waals surface area contributed by atoms with Gasteiger partial charge in [-0.2, -0.15) is 4.39 Å². The van der Waals surface area contributed by atoms with Crippen molar-refractivity contribution >= 4 is 0 Å². The van der Waals surface area contributed by atoms with Crippen molar-refractivity contribution in [1.82, 2.24) is 4.98 Å². The van der Waals surface area contributed by atoms with Crippen molar-refractivity contribution in [3.63, 3.8) is 0 Å². The van der Waals surface area contributed by atoms with Crippen LogP contribution >= 0.6 is 0 Å². The van der Waals surface area contributed by atoms with Crippen LogP contribution in [0.3, 0.4) is 0 Å². The summed E-state index contributed by atoms with van der Waals surface area (Å²) in [6.45, 7) is 2.30. The summed E-state index contributed by atoms with van der Waals surface area (Å²) in [5.74, 6) is 7.43. The van der Waals surface area contributed by atoms with Gasteiger partial charge in [0.15, 0.2) is 5.82 Å². The molecule has 0 atom stereocenters. The van der Waals surface area contributed by atoms with E-state index in [1.807, 2.05) is 0 Å². The Kier molecular flexibility index (Phi) is 6.45. The molecule has 1 aromatic heterocycles. The second kappa shape index (κ2) is 8.79. The normalized spacial score (nSPS) is 29.7. The predicted octanol–water partition coefficient (Wildman–Crippen LogP) is 6.12. The summed E-state index contributed by atoms with van der Waals surface area (Å²) in [4.78, 5) is 3.39. The number of hydrogen-bond donors (Lipinski definition) is 0. The molecule has 0 bridgehead atoms. The standard InChI is InChI=1S/C22H29F2N/c1-2-3-16-6-10-19(11-7-16)20-12-8-17(9-13-20)4-5-18-14-21(23)22(24)25-15-18/h14-17,19-20H,2-3,6-13H2,1H3. The molecule has 2 fully saturated rings. The van der Waals surface area contributed by atoms with Crippen molar-refractivity contribution in [3.8, 4) is 11.8 Å². The average molecular weight is 345 g/mol. The molecule has 0 spiro atoms. The summed E-state index contributed by atoms with van der Waals surface area (Å²) in [5, 5.41) is 0. The molecule has 0 saturated heterocycles. The number of halogens is 2. The van der Waals surface area contributed by atoms with E-state index in [0.29, 0.717) is 11.5 Å². The largest absolute Gasteiger partial charge is 0.248 e. The van der Waals surface area contributed by atoms with Gasteiger partial charge in [0.05, 0.1) is 0 Å². The van der Waals surface area contributed by atoms with Gasteiger partial charge in [-0.1, -0.05) is 44.4 Å². The van der Waals surface area contributed by atoms with E-state index in [1.54, 1.807) is 0 Å². The first-order valence-electron chi connectivity index (χ1n) is 9.98. The van der Waals surface area contributed by atoms with Crippen LogP contribution in [0.4, 0.5) is 8.78 Å². The van der Waals surface area contributed by atoms with E-state index in [0.717, 1.165) is 36.7 Å². The molecular formula is C22H29F2N. The molecule has 136 valence electrons. The van der Waals surface area contributed by atoms with Gasteiger partial charge in [0.25, 0.3) is 0 Å². The first-order valence-corrected chi connectivity index (χ1v) is 9.98. The van der Waals surface area contributed by atoms with Crippen molar-refractivity contribution in [3.05, 3.63) is 29.6 Å². The second-order valence-electron chi connectivity index (χ2n) is 7.95. The summed E-state index contributed by atoms with van der Waals surface area (Å²) in [6, 6.07) is 1.13. The van der Waals surface area contributed by atoms with Crippen LogP contribution in [0.5, 0.6) is 0 Å². The van der Waals surface area contributed by atoms with Crippen LogP contribution in [0.25, 0.3) is 0 Å². The van der Waals surface area contributed by atoms with Crippen LogP contribution in [0.15, 0.2) is 12.3 Å². The Hall–Kier alpha value is -1.43. The quantitative estimate of drug-likeness (QED) is 0.475.